The van der Waals surface area contributed by atoms with E-state index in [4.69, 9.17) is 4.74 Å². The van der Waals surface area contributed by atoms with Crippen LogP contribution < -0.4 is 10.1 Å². The molecule has 0 aromatic heterocycles. The largest absolute Gasteiger partial charge is 0.494 e. The van der Waals surface area contributed by atoms with E-state index in [1.54, 1.807) is 31.2 Å². The molecular formula is C19H27ClN2O3. The van der Waals surface area contributed by atoms with Crippen LogP contribution in [0.15, 0.2) is 24.3 Å². The highest BCUT2D eigenvalue weighted by Gasteiger charge is 2.37. The topological polar surface area (TPSA) is 58.6 Å². The minimum Gasteiger partial charge on any atom is -0.494 e. The van der Waals surface area contributed by atoms with Crippen LogP contribution in [0.3, 0.4) is 0 Å². The van der Waals surface area contributed by atoms with Crippen molar-refractivity contribution in [3.05, 3.63) is 29.8 Å². The normalized spacial score (nSPS) is 22.0. The number of Topliss-reactive ketones (excluding diaryl/α,β-unsaturated/α-hetero) is 1. The molecule has 5 nitrogen and oxygen atoms in total. The van der Waals surface area contributed by atoms with Gasteiger partial charge in [-0.3, -0.25) is 9.59 Å². The van der Waals surface area contributed by atoms with E-state index in [9.17, 15) is 9.59 Å². The Bertz CT molecular complexity index is 577. The van der Waals surface area contributed by atoms with Gasteiger partial charge in [0.1, 0.15) is 5.75 Å². The lowest BCUT2D eigenvalue weighted by molar-refractivity contribution is -0.134. The van der Waals surface area contributed by atoms with E-state index in [2.05, 4.69) is 10.2 Å². The Labute approximate surface area is 155 Å². The fourth-order valence-electron chi connectivity index (χ4n) is 3.72. The molecule has 2 heterocycles. The van der Waals surface area contributed by atoms with Crippen molar-refractivity contribution >= 4 is 24.1 Å². The predicted octanol–water partition coefficient (Wildman–Crippen LogP) is 2.82. The number of benzene rings is 1. The van der Waals surface area contributed by atoms with Crippen molar-refractivity contribution < 1.29 is 14.3 Å². The van der Waals surface area contributed by atoms with E-state index in [1.165, 1.54) is 0 Å². The molecule has 6 heteroatoms. The van der Waals surface area contributed by atoms with Crippen molar-refractivity contribution in [3.63, 3.8) is 0 Å². The van der Waals surface area contributed by atoms with Gasteiger partial charge in [0, 0.05) is 30.6 Å². The molecular weight excluding hydrogens is 340 g/mol. The lowest BCUT2D eigenvalue weighted by atomic mass is 10.1. The van der Waals surface area contributed by atoms with E-state index >= 15 is 0 Å². The zero-order valence-electron chi connectivity index (χ0n) is 14.7. The summed E-state index contributed by atoms with van der Waals surface area (Å²) >= 11 is 0. The molecule has 2 aliphatic heterocycles. The van der Waals surface area contributed by atoms with E-state index in [1.807, 2.05) is 0 Å². The number of rotatable bonds is 6. The Morgan fingerprint density at radius 1 is 1.16 bits per heavy atom. The number of ether oxygens (including phenoxy) is 1. The van der Waals surface area contributed by atoms with E-state index in [0.29, 0.717) is 30.7 Å². The molecule has 1 aromatic rings. The van der Waals surface area contributed by atoms with Crippen molar-refractivity contribution in [1.82, 2.24) is 10.2 Å². The first-order chi connectivity index (χ1) is 11.6. The van der Waals surface area contributed by atoms with Crippen LogP contribution in [0.1, 0.15) is 49.4 Å². The fourth-order valence-corrected chi connectivity index (χ4v) is 3.72. The Hall–Kier alpha value is -1.59. The molecule has 0 radical (unpaired) electrons. The molecule has 2 fully saturated rings. The predicted molar refractivity (Wildman–Crippen MR) is 99.6 cm³/mol. The van der Waals surface area contributed by atoms with Gasteiger partial charge in [-0.05, 0) is 63.4 Å². The maximum absolute atomic E-state index is 12.5. The van der Waals surface area contributed by atoms with Gasteiger partial charge in [0.25, 0.3) is 0 Å². The summed E-state index contributed by atoms with van der Waals surface area (Å²) in [6.07, 6.45) is 4.61. The smallest absolute Gasteiger partial charge is 0.223 e. The first-order valence-corrected chi connectivity index (χ1v) is 8.91. The third-order valence-electron chi connectivity index (χ3n) is 5.01. The summed E-state index contributed by atoms with van der Waals surface area (Å²) in [6, 6.07) is 7.95. The summed E-state index contributed by atoms with van der Waals surface area (Å²) in [6.45, 7) is 4.02. The molecule has 1 N–H and O–H groups in total. The van der Waals surface area contributed by atoms with Gasteiger partial charge in [-0.2, -0.15) is 0 Å². The molecule has 1 aromatic carbocycles. The van der Waals surface area contributed by atoms with Gasteiger partial charge in [-0.15, -0.1) is 12.4 Å². The monoisotopic (exact) mass is 366 g/mol. The molecule has 0 aliphatic carbocycles. The number of carbonyl (C=O) groups is 2. The molecule has 1 amide bonds. The van der Waals surface area contributed by atoms with Gasteiger partial charge >= 0.3 is 0 Å². The van der Waals surface area contributed by atoms with Crippen LogP contribution >= 0.6 is 12.4 Å². The first kappa shape index (κ1) is 19.7. The second-order valence-electron chi connectivity index (χ2n) is 6.71. The molecule has 2 saturated heterocycles. The summed E-state index contributed by atoms with van der Waals surface area (Å²) in [5.41, 5.74) is 0.683. The average molecular weight is 367 g/mol. The standard InChI is InChI=1S/C19H26N2O3.ClH/c1-14(22)15-4-8-18(9-5-15)24-12-2-3-19(23)21-16-6-7-17(21)13-20-11-10-16;/h4-5,8-9,16-17,20H,2-3,6-7,10-13H2,1H3;1H. The Morgan fingerprint density at radius 3 is 2.60 bits per heavy atom. The SMILES string of the molecule is CC(=O)c1ccc(OCCCC(=O)N2C3CCNCC2CC3)cc1.Cl. The number of amides is 1. The Balaban J connectivity index is 0.00000225. The number of ketones is 1. The van der Waals surface area contributed by atoms with Crippen molar-refractivity contribution in [2.24, 2.45) is 0 Å². The molecule has 3 rings (SSSR count). The highest BCUT2D eigenvalue weighted by molar-refractivity contribution is 5.94. The second-order valence-corrected chi connectivity index (χ2v) is 6.71. The van der Waals surface area contributed by atoms with Gasteiger partial charge in [-0.25, -0.2) is 0 Å². The van der Waals surface area contributed by atoms with Crippen LogP contribution in [0.4, 0.5) is 0 Å². The van der Waals surface area contributed by atoms with Crippen molar-refractivity contribution in [2.75, 3.05) is 19.7 Å². The summed E-state index contributed by atoms with van der Waals surface area (Å²) < 4.78 is 5.68. The first-order valence-electron chi connectivity index (χ1n) is 8.91. The lowest BCUT2D eigenvalue weighted by Gasteiger charge is -2.28. The van der Waals surface area contributed by atoms with Crippen LogP contribution in [-0.2, 0) is 4.79 Å². The third-order valence-corrected chi connectivity index (χ3v) is 5.01. The molecule has 0 saturated carbocycles. The molecule has 25 heavy (non-hydrogen) atoms. The lowest BCUT2D eigenvalue weighted by Crippen LogP contribution is -2.42. The number of nitrogens with one attached hydrogen (secondary N) is 1. The van der Waals surface area contributed by atoms with E-state index in [-0.39, 0.29) is 24.1 Å². The summed E-state index contributed by atoms with van der Waals surface area (Å²) in [5, 5.41) is 3.42. The summed E-state index contributed by atoms with van der Waals surface area (Å²) in [5.74, 6) is 1.06. The molecule has 0 spiro atoms. The van der Waals surface area contributed by atoms with Crippen molar-refractivity contribution in [2.45, 2.75) is 51.1 Å². The zero-order valence-corrected chi connectivity index (χ0v) is 15.5. The van der Waals surface area contributed by atoms with Crippen LogP contribution in [-0.4, -0.2) is 48.4 Å². The highest BCUT2D eigenvalue weighted by atomic mass is 35.5. The quantitative estimate of drug-likeness (QED) is 0.621. The van der Waals surface area contributed by atoms with E-state index in [0.717, 1.165) is 44.5 Å². The van der Waals surface area contributed by atoms with Gasteiger partial charge in [0.2, 0.25) is 5.91 Å². The molecule has 138 valence electrons. The number of nitrogens with zero attached hydrogens (tertiary/aromatic N) is 1. The minimum absolute atomic E-state index is 0. The zero-order chi connectivity index (χ0) is 16.9. The number of fused-ring (bicyclic) bond motifs is 2. The molecule has 2 atom stereocenters. The van der Waals surface area contributed by atoms with Crippen LogP contribution in [0.25, 0.3) is 0 Å². The maximum atomic E-state index is 12.5. The summed E-state index contributed by atoms with van der Waals surface area (Å²) in [7, 11) is 0. The average Bonchev–Trinajstić information content (AvgIpc) is 2.84. The maximum Gasteiger partial charge on any atom is 0.223 e. The number of carbonyl (C=O) groups excluding carboxylic acids is 2. The molecule has 2 bridgehead atoms. The van der Waals surface area contributed by atoms with Gasteiger partial charge in [-0.1, -0.05) is 0 Å². The van der Waals surface area contributed by atoms with Crippen molar-refractivity contribution in [3.8, 4) is 5.75 Å². The van der Waals surface area contributed by atoms with Gasteiger partial charge in [0.15, 0.2) is 5.78 Å². The van der Waals surface area contributed by atoms with E-state index < -0.39 is 0 Å². The fraction of sp³-hybridized carbons (Fsp3) is 0.579. The van der Waals surface area contributed by atoms with Crippen LogP contribution in [0.5, 0.6) is 5.75 Å². The minimum atomic E-state index is 0. The summed E-state index contributed by atoms with van der Waals surface area (Å²) in [4.78, 5) is 25.9. The van der Waals surface area contributed by atoms with Gasteiger partial charge < -0.3 is 15.0 Å². The van der Waals surface area contributed by atoms with Gasteiger partial charge in [0.05, 0.1) is 6.61 Å². The number of halogens is 1. The number of hydrogen-bond donors (Lipinski definition) is 1. The Kier molecular flexibility index (Phi) is 7.26. The molecule has 2 aliphatic rings. The van der Waals surface area contributed by atoms with Crippen LogP contribution in [0, 0.1) is 0 Å². The second kappa shape index (κ2) is 9.20. The van der Waals surface area contributed by atoms with Crippen LogP contribution in [0.2, 0.25) is 0 Å². The highest BCUT2D eigenvalue weighted by Crippen LogP contribution is 2.28. The van der Waals surface area contributed by atoms with Crippen molar-refractivity contribution in [1.29, 1.82) is 0 Å². The third kappa shape index (κ3) is 4.95. The Morgan fingerprint density at radius 2 is 1.88 bits per heavy atom. The molecule has 2 unspecified atom stereocenters. The number of hydrogen-bond acceptors (Lipinski definition) is 4.